The van der Waals surface area contributed by atoms with Gasteiger partial charge in [0.25, 0.3) is 5.91 Å². The number of hydrogen-bond donors (Lipinski definition) is 1. The van der Waals surface area contributed by atoms with Crippen molar-refractivity contribution in [1.82, 2.24) is 5.43 Å². The van der Waals surface area contributed by atoms with Crippen LogP contribution in [0.2, 0.25) is 5.02 Å². The molecule has 1 N–H and O–H groups in total. The number of carbonyl (C=O) groups excluding carboxylic acids is 1. The standard InChI is InChI=1S/C15H10BrClN2OS2/c1-8(10-6-7-12(16)21-10)18-19-15(20)14-13(17)9-4-2-3-5-11(9)22-14/h2-7H,1H3,(H,19,20)/b18-8+. The summed E-state index contributed by atoms with van der Waals surface area (Å²) in [6, 6.07) is 11.6. The zero-order valence-electron chi connectivity index (χ0n) is 11.4. The van der Waals surface area contributed by atoms with Gasteiger partial charge in [-0.25, -0.2) is 5.43 Å². The molecule has 0 fully saturated rings. The van der Waals surface area contributed by atoms with Crippen LogP contribution in [-0.2, 0) is 0 Å². The van der Waals surface area contributed by atoms with E-state index in [4.69, 9.17) is 11.6 Å². The molecule has 3 rings (SSSR count). The lowest BCUT2D eigenvalue weighted by Crippen LogP contribution is -2.18. The van der Waals surface area contributed by atoms with E-state index in [2.05, 4.69) is 26.5 Å². The average molecular weight is 414 g/mol. The summed E-state index contributed by atoms with van der Waals surface area (Å²) in [6.45, 7) is 1.85. The van der Waals surface area contributed by atoms with Gasteiger partial charge in [0.2, 0.25) is 0 Å². The second-order valence-corrected chi connectivity index (χ2v) is 8.38. The largest absolute Gasteiger partial charge is 0.283 e. The first-order valence-electron chi connectivity index (χ1n) is 6.33. The molecule has 22 heavy (non-hydrogen) atoms. The minimum atomic E-state index is -0.291. The zero-order valence-corrected chi connectivity index (χ0v) is 15.4. The van der Waals surface area contributed by atoms with Crippen LogP contribution in [0, 0.1) is 0 Å². The maximum absolute atomic E-state index is 12.3. The van der Waals surface area contributed by atoms with E-state index >= 15 is 0 Å². The summed E-state index contributed by atoms with van der Waals surface area (Å²) in [4.78, 5) is 13.8. The van der Waals surface area contributed by atoms with Gasteiger partial charge in [-0.15, -0.1) is 22.7 Å². The van der Waals surface area contributed by atoms with Crippen molar-refractivity contribution in [2.75, 3.05) is 0 Å². The van der Waals surface area contributed by atoms with Gasteiger partial charge in [0.1, 0.15) is 4.88 Å². The number of halogens is 2. The number of amides is 1. The molecule has 0 saturated heterocycles. The molecular weight excluding hydrogens is 404 g/mol. The molecule has 112 valence electrons. The molecule has 0 radical (unpaired) electrons. The minimum Gasteiger partial charge on any atom is -0.266 e. The van der Waals surface area contributed by atoms with Gasteiger partial charge in [0.15, 0.2) is 0 Å². The Morgan fingerprint density at radius 1 is 1.23 bits per heavy atom. The van der Waals surface area contributed by atoms with Crippen molar-refractivity contribution >= 4 is 71.9 Å². The normalized spacial score (nSPS) is 11.9. The number of thiophene rings is 2. The van der Waals surface area contributed by atoms with E-state index < -0.39 is 0 Å². The highest BCUT2D eigenvalue weighted by atomic mass is 79.9. The second kappa shape index (κ2) is 6.50. The number of hydrogen-bond acceptors (Lipinski definition) is 4. The smallest absolute Gasteiger partial charge is 0.266 e. The van der Waals surface area contributed by atoms with Gasteiger partial charge in [0, 0.05) is 10.1 Å². The van der Waals surface area contributed by atoms with E-state index in [9.17, 15) is 4.79 Å². The van der Waals surface area contributed by atoms with Crippen LogP contribution in [0.25, 0.3) is 10.1 Å². The summed E-state index contributed by atoms with van der Waals surface area (Å²) in [5, 5.41) is 5.52. The zero-order chi connectivity index (χ0) is 15.7. The third kappa shape index (κ3) is 3.10. The Bertz CT molecular complexity index is 885. The number of hydrazone groups is 1. The SMILES string of the molecule is C/C(=N\NC(=O)c1sc2ccccc2c1Cl)c1ccc(Br)s1. The molecule has 0 aliphatic carbocycles. The van der Waals surface area contributed by atoms with Crippen LogP contribution in [0.5, 0.6) is 0 Å². The van der Waals surface area contributed by atoms with E-state index in [1.54, 1.807) is 11.3 Å². The quantitative estimate of drug-likeness (QED) is 0.445. The summed E-state index contributed by atoms with van der Waals surface area (Å²) in [5.41, 5.74) is 3.33. The Morgan fingerprint density at radius 3 is 2.68 bits per heavy atom. The highest BCUT2D eigenvalue weighted by Crippen LogP contribution is 2.35. The molecule has 1 amide bonds. The van der Waals surface area contributed by atoms with Crippen molar-refractivity contribution in [3.05, 3.63) is 55.0 Å². The average Bonchev–Trinajstić information content (AvgIpc) is 3.09. The van der Waals surface area contributed by atoms with Crippen molar-refractivity contribution in [1.29, 1.82) is 0 Å². The summed E-state index contributed by atoms with van der Waals surface area (Å²) >= 11 is 12.6. The van der Waals surface area contributed by atoms with E-state index in [-0.39, 0.29) is 5.91 Å². The molecule has 0 saturated carbocycles. The lowest BCUT2D eigenvalue weighted by atomic mass is 10.2. The fourth-order valence-electron chi connectivity index (χ4n) is 1.91. The number of rotatable bonds is 3. The van der Waals surface area contributed by atoms with Crippen molar-refractivity contribution < 1.29 is 4.79 Å². The van der Waals surface area contributed by atoms with E-state index in [0.717, 1.165) is 24.5 Å². The molecule has 3 nitrogen and oxygen atoms in total. The molecule has 2 heterocycles. The lowest BCUT2D eigenvalue weighted by molar-refractivity contribution is 0.0959. The maximum Gasteiger partial charge on any atom is 0.283 e. The molecule has 2 aromatic heterocycles. The van der Waals surface area contributed by atoms with Gasteiger partial charge in [-0.1, -0.05) is 29.8 Å². The van der Waals surface area contributed by atoms with E-state index in [1.807, 2.05) is 43.3 Å². The molecular formula is C15H10BrClN2OS2. The summed E-state index contributed by atoms with van der Waals surface area (Å²) in [5.74, 6) is -0.291. The van der Waals surface area contributed by atoms with Crippen LogP contribution in [0.3, 0.4) is 0 Å². The molecule has 7 heteroatoms. The van der Waals surface area contributed by atoms with Crippen molar-refractivity contribution in [2.24, 2.45) is 5.10 Å². The van der Waals surface area contributed by atoms with E-state index in [1.165, 1.54) is 11.3 Å². The Kier molecular flexibility index (Phi) is 4.63. The second-order valence-electron chi connectivity index (χ2n) is 4.48. The van der Waals surface area contributed by atoms with Gasteiger partial charge in [-0.3, -0.25) is 4.79 Å². The first kappa shape index (κ1) is 15.7. The Hall–Kier alpha value is -1.21. The molecule has 0 atom stereocenters. The molecule has 3 aromatic rings. The van der Waals surface area contributed by atoms with Gasteiger partial charge < -0.3 is 0 Å². The third-order valence-electron chi connectivity index (χ3n) is 3.00. The lowest BCUT2D eigenvalue weighted by Gasteiger charge is -1.99. The maximum atomic E-state index is 12.3. The Balaban J connectivity index is 1.83. The monoisotopic (exact) mass is 412 g/mol. The van der Waals surface area contributed by atoms with Crippen molar-refractivity contribution in [2.45, 2.75) is 6.92 Å². The molecule has 0 aliphatic rings. The van der Waals surface area contributed by atoms with Crippen LogP contribution < -0.4 is 5.43 Å². The first-order valence-corrected chi connectivity index (χ1v) is 9.14. The number of nitrogens with one attached hydrogen (secondary N) is 1. The number of carbonyl (C=O) groups is 1. The molecule has 0 aliphatic heterocycles. The fourth-order valence-corrected chi connectivity index (χ4v) is 4.65. The highest BCUT2D eigenvalue weighted by molar-refractivity contribution is 9.11. The summed E-state index contributed by atoms with van der Waals surface area (Å²) < 4.78 is 2.01. The van der Waals surface area contributed by atoms with Gasteiger partial charge in [-0.05, 0) is 41.1 Å². The van der Waals surface area contributed by atoms with E-state index in [0.29, 0.717) is 9.90 Å². The minimum absolute atomic E-state index is 0.291. The molecule has 0 unspecified atom stereocenters. The van der Waals surface area contributed by atoms with Crippen LogP contribution >= 0.6 is 50.2 Å². The third-order valence-corrected chi connectivity index (χ3v) is 6.40. The van der Waals surface area contributed by atoms with Gasteiger partial charge >= 0.3 is 0 Å². The van der Waals surface area contributed by atoms with Gasteiger partial charge in [0.05, 0.1) is 19.4 Å². The predicted molar refractivity (Wildman–Crippen MR) is 98.5 cm³/mol. The van der Waals surface area contributed by atoms with Crippen LogP contribution in [-0.4, -0.2) is 11.6 Å². The highest BCUT2D eigenvalue weighted by Gasteiger charge is 2.16. The summed E-state index contributed by atoms with van der Waals surface area (Å²) in [6.07, 6.45) is 0. The first-order chi connectivity index (χ1) is 10.6. The number of fused-ring (bicyclic) bond motifs is 1. The molecule has 0 bridgehead atoms. The predicted octanol–water partition coefficient (Wildman–Crippen LogP) is 5.53. The number of nitrogens with zero attached hydrogens (tertiary/aromatic N) is 1. The summed E-state index contributed by atoms with van der Waals surface area (Å²) in [7, 11) is 0. The molecule has 1 aromatic carbocycles. The Morgan fingerprint density at radius 2 is 2.00 bits per heavy atom. The molecule has 0 spiro atoms. The Labute approximate surface area is 148 Å². The van der Waals surface area contributed by atoms with Crippen molar-refractivity contribution in [3.8, 4) is 0 Å². The van der Waals surface area contributed by atoms with Crippen LogP contribution in [0.15, 0.2) is 45.3 Å². The van der Waals surface area contributed by atoms with Crippen LogP contribution in [0.4, 0.5) is 0 Å². The number of benzene rings is 1. The van der Waals surface area contributed by atoms with Gasteiger partial charge in [-0.2, -0.15) is 5.10 Å². The fraction of sp³-hybridized carbons (Fsp3) is 0.0667. The van der Waals surface area contributed by atoms with Crippen molar-refractivity contribution in [3.63, 3.8) is 0 Å². The van der Waals surface area contributed by atoms with Crippen LogP contribution in [0.1, 0.15) is 21.5 Å². The topological polar surface area (TPSA) is 41.5 Å².